The largest absolute Gasteiger partial charge is 0.450 e. The van der Waals surface area contributed by atoms with E-state index < -0.39 is 22.8 Å². The molecular weight excluding hydrogens is 588 g/mol. The molecule has 7 rings (SSSR count). The summed E-state index contributed by atoms with van der Waals surface area (Å²) in [5.74, 6) is -1.01. The number of thioether (sulfide) groups is 1. The highest BCUT2D eigenvalue weighted by Gasteiger charge is 2.66. The van der Waals surface area contributed by atoms with Crippen LogP contribution in [-0.2, 0) is 16.1 Å². The van der Waals surface area contributed by atoms with Crippen LogP contribution in [0, 0.1) is 19.7 Å². The first-order chi connectivity index (χ1) is 20.7. The summed E-state index contributed by atoms with van der Waals surface area (Å²) < 4.78 is 20.1. The van der Waals surface area contributed by atoms with Crippen LogP contribution in [0.5, 0.6) is 0 Å². The Morgan fingerprint density at radius 2 is 1.74 bits per heavy atom. The summed E-state index contributed by atoms with van der Waals surface area (Å²) in [6.07, 6.45) is 0.671. The third kappa shape index (κ3) is 3.98. The first kappa shape index (κ1) is 27.5. The molecule has 43 heavy (non-hydrogen) atoms. The lowest BCUT2D eigenvalue weighted by Crippen LogP contribution is -2.53. The van der Waals surface area contributed by atoms with E-state index in [0.29, 0.717) is 39.7 Å². The third-order valence-electron chi connectivity index (χ3n) is 8.05. The van der Waals surface area contributed by atoms with Crippen LogP contribution < -0.4 is 15.2 Å². The number of benzene rings is 3. The van der Waals surface area contributed by atoms with Gasteiger partial charge in [0.05, 0.1) is 16.6 Å². The zero-order valence-corrected chi connectivity index (χ0v) is 25.1. The van der Waals surface area contributed by atoms with Crippen molar-refractivity contribution in [1.29, 1.82) is 0 Å². The van der Waals surface area contributed by atoms with Gasteiger partial charge in [-0.05, 0) is 67.3 Å². The summed E-state index contributed by atoms with van der Waals surface area (Å²) in [6.45, 7) is 6.18. The van der Waals surface area contributed by atoms with Gasteiger partial charge in [0.1, 0.15) is 11.4 Å². The van der Waals surface area contributed by atoms with Crippen molar-refractivity contribution in [2.24, 2.45) is 0 Å². The molecule has 2 aliphatic heterocycles. The molecule has 0 saturated carbocycles. The van der Waals surface area contributed by atoms with Crippen LogP contribution in [0.25, 0.3) is 11.0 Å². The van der Waals surface area contributed by atoms with Crippen molar-refractivity contribution in [3.63, 3.8) is 0 Å². The SMILES string of the molecule is CCCN1C(=O)C2(c3ccccc31)c1c(oc3cc(C)c(C)cc3c1=O)C(=O)N2c1nnc(SCc2ccc(F)cc2)s1. The highest BCUT2D eigenvalue weighted by Crippen LogP contribution is 2.54. The number of amides is 2. The average molecular weight is 613 g/mol. The van der Waals surface area contributed by atoms with Gasteiger partial charge in [0, 0.05) is 17.9 Å². The molecule has 1 atom stereocenters. The second-order valence-corrected chi connectivity index (χ2v) is 12.8. The van der Waals surface area contributed by atoms with E-state index >= 15 is 0 Å². The summed E-state index contributed by atoms with van der Waals surface area (Å²) in [5.41, 5.74) is 1.92. The molecule has 2 amide bonds. The average Bonchev–Trinajstić information content (AvgIpc) is 3.63. The summed E-state index contributed by atoms with van der Waals surface area (Å²) in [6, 6.07) is 16.9. The van der Waals surface area contributed by atoms with Gasteiger partial charge < -0.3 is 9.32 Å². The molecule has 1 unspecified atom stereocenters. The molecule has 0 saturated heterocycles. The second kappa shape index (κ2) is 10.1. The Morgan fingerprint density at radius 1 is 1.00 bits per heavy atom. The second-order valence-electron chi connectivity index (χ2n) is 10.7. The number of halogens is 1. The van der Waals surface area contributed by atoms with Crippen LogP contribution in [0.4, 0.5) is 15.2 Å². The number of hydrogen-bond donors (Lipinski definition) is 0. The van der Waals surface area contributed by atoms with Crippen LogP contribution in [0.2, 0.25) is 0 Å². The number of para-hydroxylation sites is 1. The monoisotopic (exact) mass is 612 g/mol. The summed E-state index contributed by atoms with van der Waals surface area (Å²) in [5, 5.41) is 9.16. The van der Waals surface area contributed by atoms with Crippen molar-refractivity contribution < 1.29 is 18.4 Å². The first-order valence-electron chi connectivity index (χ1n) is 13.8. The Kier molecular flexibility index (Phi) is 6.48. The number of rotatable bonds is 6. The number of nitrogens with zero attached hydrogens (tertiary/aromatic N) is 4. The van der Waals surface area contributed by atoms with E-state index in [9.17, 15) is 18.8 Å². The lowest BCUT2D eigenvalue weighted by Gasteiger charge is -2.32. The van der Waals surface area contributed by atoms with Crippen molar-refractivity contribution in [3.05, 3.63) is 110 Å². The molecular formula is C32H25FN4O4S2. The van der Waals surface area contributed by atoms with E-state index in [1.165, 1.54) is 28.8 Å². The maximum atomic E-state index is 14.7. The minimum absolute atomic E-state index is 0.0000198. The predicted octanol–water partition coefficient (Wildman–Crippen LogP) is 6.35. The molecule has 3 aromatic carbocycles. The van der Waals surface area contributed by atoms with Gasteiger partial charge >= 0.3 is 0 Å². The Hall–Kier alpha value is -4.35. The molecule has 0 N–H and O–H groups in total. The molecule has 0 bridgehead atoms. The zero-order chi connectivity index (χ0) is 30.0. The van der Waals surface area contributed by atoms with Crippen molar-refractivity contribution in [3.8, 4) is 0 Å². The fourth-order valence-corrected chi connectivity index (χ4v) is 7.79. The first-order valence-corrected chi connectivity index (χ1v) is 15.6. The molecule has 2 aromatic heterocycles. The Labute approximate surface area is 254 Å². The summed E-state index contributed by atoms with van der Waals surface area (Å²) in [7, 11) is 0. The van der Waals surface area contributed by atoms with E-state index in [-0.39, 0.29) is 27.9 Å². The zero-order valence-electron chi connectivity index (χ0n) is 23.5. The Bertz CT molecular complexity index is 2020. The van der Waals surface area contributed by atoms with Gasteiger partial charge in [-0.15, -0.1) is 10.2 Å². The Balaban J connectivity index is 1.44. The standard InChI is InChI=1S/C32H25FN4O4S2/c1-4-13-36-23-8-6-5-7-22(23)32(29(36)40)25-26(38)21-14-17(2)18(3)15-24(21)41-27(25)28(39)37(32)30-34-35-31(43-30)42-16-19-9-11-20(33)12-10-19/h5-12,14-15H,4,13,16H2,1-3H3. The molecule has 2 aliphatic rings. The molecule has 0 aliphatic carbocycles. The lowest BCUT2D eigenvalue weighted by molar-refractivity contribution is -0.121. The van der Waals surface area contributed by atoms with Crippen LogP contribution in [0.1, 0.15) is 51.7 Å². The molecule has 1 spiro atoms. The molecule has 4 heterocycles. The number of fused-ring (bicyclic) bond motifs is 5. The number of anilines is 2. The van der Waals surface area contributed by atoms with E-state index in [1.807, 2.05) is 32.9 Å². The van der Waals surface area contributed by atoms with Gasteiger partial charge in [0.2, 0.25) is 10.9 Å². The van der Waals surface area contributed by atoms with Crippen LogP contribution in [-0.4, -0.2) is 28.6 Å². The van der Waals surface area contributed by atoms with Crippen LogP contribution in [0.3, 0.4) is 0 Å². The molecule has 216 valence electrons. The van der Waals surface area contributed by atoms with E-state index in [2.05, 4.69) is 10.2 Å². The fourth-order valence-electron chi connectivity index (χ4n) is 5.94. The number of hydrogen-bond acceptors (Lipinski definition) is 8. The molecule has 0 fully saturated rings. The van der Waals surface area contributed by atoms with Gasteiger partial charge in [0.25, 0.3) is 11.8 Å². The number of aromatic nitrogens is 2. The van der Waals surface area contributed by atoms with Crippen LogP contribution in [0.15, 0.2) is 74.2 Å². The smallest absolute Gasteiger partial charge is 0.297 e. The normalized spacial score (nSPS) is 17.4. The molecule has 5 aromatic rings. The Morgan fingerprint density at radius 3 is 2.51 bits per heavy atom. The van der Waals surface area contributed by atoms with Crippen molar-refractivity contribution in [2.75, 3.05) is 16.3 Å². The quantitative estimate of drug-likeness (QED) is 0.163. The van der Waals surface area contributed by atoms with Gasteiger partial charge in [-0.3, -0.25) is 19.3 Å². The maximum absolute atomic E-state index is 14.7. The van der Waals surface area contributed by atoms with Crippen molar-refractivity contribution in [1.82, 2.24) is 10.2 Å². The summed E-state index contributed by atoms with van der Waals surface area (Å²) >= 11 is 2.53. The molecule has 11 heteroatoms. The van der Waals surface area contributed by atoms with E-state index in [0.717, 1.165) is 28.0 Å². The predicted molar refractivity (Wildman–Crippen MR) is 165 cm³/mol. The molecule has 8 nitrogen and oxygen atoms in total. The molecule has 0 radical (unpaired) electrons. The van der Waals surface area contributed by atoms with E-state index in [1.54, 1.807) is 41.3 Å². The number of carbonyl (C=O) groups is 2. The lowest BCUT2D eigenvalue weighted by atomic mass is 9.84. The van der Waals surface area contributed by atoms with Crippen molar-refractivity contribution >= 4 is 56.7 Å². The van der Waals surface area contributed by atoms with E-state index in [4.69, 9.17) is 4.42 Å². The van der Waals surface area contributed by atoms with Crippen LogP contribution >= 0.6 is 23.1 Å². The van der Waals surface area contributed by atoms with Gasteiger partial charge in [-0.2, -0.15) is 0 Å². The number of aryl methyl sites for hydroxylation is 2. The third-order valence-corrected chi connectivity index (χ3v) is 10.2. The summed E-state index contributed by atoms with van der Waals surface area (Å²) in [4.78, 5) is 46.4. The number of carbonyl (C=O) groups excluding carboxylic acids is 2. The highest BCUT2D eigenvalue weighted by molar-refractivity contribution is 8.00. The minimum Gasteiger partial charge on any atom is -0.450 e. The van der Waals surface area contributed by atoms with Gasteiger partial charge in [-0.1, -0.05) is 60.4 Å². The van der Waals surface area contributed by atoms with Crippen molar-refractivity contribution in [2.45, 2.75) is 42.8 Å². The van der Waals surface area contributed by atoms with Gasteiger partial charge in [-0.25, -0.2) is 4.39 Å². The topological polar surface area (TPSA) is 96.6 Å². The fraction of sp³-hybridized carbons (Fsp3) is 0.219. The maximum Gasteiger partial charge on any atom is 0.297 e. The minimum atomic E-state index is -1.80. The van der Waals surface area contributed by atoms with Gasteiger partial charge in [0.15, 0.2) is 15.3 Å². The highest BCUT2D eigenvalue weighted by atomic mass is 32.2.